The van der Waals surface area contributed by atoms with Crippen molar-refractivity contribution in [1.29, 1.82) is 0 Å². The maximum atomic E-state index is 12.9. The molecule has 1 N–H and O–H groups in total. The summed E-state index contributed by atoms with van der Waals surface area (Å²) < 4.78 is 0. The standard InChI is InChI=1S/C18H27N3O2/c1-4-14-6-7-15(19-14)16(22)20-11-9-18(12-20)8-5-10-21(13(2)3)17(18)23/h6-7,13,19H,4-5,8-12H2,1-3H3/t18-/m1/s1. The SMILES string of the molecule is CCc1ccc(C(=O)N2CC[C@]3(CCCN(C(C)C)C3=O)C2)[nH]1. The molecule has 3 rings (SSSR count). The molecule has 0 aromatic carbocycles. The fourth-order valence-electron chi connectivity index (χ4n) is 3.96. The molecule has 5 nitrogen and oxygen atoms in total. The van der Waals surface area contributed by atoms with Gasteiger partial charge < -0.3 is 14.8 Å². The molecular weight excluding hydrogens is 290 g/mol. The van der Waals surface area contributed by atoms with Gasteiger partial charge in [-0.25, -0.2) is 0 Å². The highest BCUT2D eigenvalue weighted by Crippen LogP contribution is 2.41. The molecule has 0 saturated carbocycles. The fraction of sp³-hybridized carbons (Fsp3) is 0.667. The van der Waals surface area contributed by atoms with Crippen molar-refractivity contribution in [3.8, 4) is 0 Å². The molecule has 0 aliphatic carbocycles. The van der Waals surface area contributed by atoms with Crippen molar-refractivity contribution in [3.63, 3.8) is 0 Å². The number of aromatic nitrogens is 1. The zero-order chi connectivity index (χ0) is 16.6. The molecule has 0 radical (unpaired) electrons. The molecule has 23 heavy (non-hydrogen) atoms. The summed E-state index contributed by atoms with van der Waals surface area (Å²) >= 11 is 0. The molecule has 1 atom stereocenters. The summed E-state index contributed by atoms with van der Waals surface area (Å²) in [5.74, 6) is 0.269. The first kappa shape index (κ1) is 16.1. The van der Waals surface area contributed by atoms with Crippen LogP contribution in [0.3, 0.4) is 0 Å². The van der Waals surface area contributed by atoms with E-state index in [4.69, 9.17) is 0 Å². The second-order valence-corrected chi connectivity index (χ2v) is 7.20. The van der Waals surface area contributed by atoms with Crippen LogP contribution in [0.4, 0.5) is 0 Å². The molecule has 1 spiro atoms. The Morgan fingerprint density at radius 2 is 2.09 bits per heavy atom. The largest absolute Gasteiger partial charge is 0.354 e. The number of carbonyl (C=O) groups is 2. The summed E-state index contributed by atoms with van der Waals surface area (Å²) in [6.07, 6.45) is 3.62. The van der Waals surface area contributed by atoms with Crippen LogP contribution in [0.1, 0.15) is 56.2 Å². The minimum atomic E-state index is -0.349. The highest BCUT2D eigenvalue weighted by molar-refractivity contribution is 5.94. The Labute approximate surface area is 138 Å². The van der Waals surface area contributed by atoms with E-state index in [9.17, 15) is 9.59 Å². The number of nitrogens with zero attached hydrogens (tertiary/aromatic N) is 2. The monoisotopic (exact) mass is 317 g/mol. The summed E-state index contributed by atoms with van der Waals surface area (Å²) in [6, 6.07) is 4.06. The summed E-state index contributed by atoms with van der Waals surface area (Å²) in [6.45, 7) is 8.29. The zero-order valence-electron chi connectivity index (χ0n) is 14.4. The van der Waals surface area contributed by atoms with Gasteiger partial charge in [0.2, 0.25) is 5.91 Å². The number of H-pyrrole nitrogens is 1. The molecule has 1 aromatic heterocycles. The number of rotatable bonds is 3. The van der Waals surface area contributed by atoms with Gasteiger partial charge in [0.1, 0.15) is 5.69 Å². The number of hydrogen-bond acceptors (Lipinski definition) is 2. The van der Waals surface area contributed by atoms with E-state index in [-0.39, 0.29) is 23.3 Å². The first-order chi connectivity index (χ1) is 11.0. The number of carbonyl (C=O) groups excluding carboxylic acids is 2. The van der Waals surface area contributed by atoms with Crippen LogP contribution in [-0.4, -0.2) is 52.3 Å². The quantitative estimate of drug-likeness (QED) is 0.931. The van der Waals surface area contributed by atoms with E-state index >= 15 is 0 Å². The van der Waals surface area contributed by atoms with Gasteiger partial charge in [0.25, 0.3) is 5.91 Å². The van der Waals surface area contributed by atoms with E-state index < -0.39 is 0 Å². The number of aromatic amines is 1. The lowest BCUT2D eigenvalue weighted by molar-refractivity contribution is -0.147. The van der Waals surface area contributed by atoms with Gasteiger partial charge in [-0.3, -0.25) is 9.59 Å². The number of aryl methyl sites for hydroxylation is 1. The van der Waals surface area contributed by atoms with Crippen molar-refractivity contribution >= 4 is 11.8 Å². The van der Waals surface area contributed by atoms with Gasteiger partial charge in [-0.15, -0.1) is 0 Å². The van der Waals surface area contributed by atoms with E-state index in [0.29, 0.717) is 18.8 Å². The summed E-state index contributed by atoms with van der Waals surface area (Å²) in [5.41, 5.74) is 1.36. The zero-order valence-corrected chi connectivity index (χ0v) is 14.4. The molecule has 2 aliphatic rings. The van der Waals surface area contributed by atoms with Crippen molar-refractivity contribution in [2.75, 3.05) is 19.6 Å². The average molecular weight is 317 g/mol. The van der Waals surface area contributed by atoms with Gasteiger partial charge in [0, 0.05) is 31.4 Å². The van der Waals surface area contributed by atoms with Crippen molar-refractivity contribution in [2.24, 2.45) is 5.41 Å². The van der Waals surface area contributed by atoms with E-state index in [1.165, 1.54) is 0 Å². The maximum Gasteiger partial charge on any atom is 0.270 e. The molecule has 3 heterocycles. The molecule has 0 bridgehead atoms. The van der Waals surface area contributed by atoms with Gasteiger partial charge in [-0.05, 0) is 51.7 Å². The third-order valence-electron chi connectivity index (χ3n) is 5.39. The molecule has 126 valence electrons. The number of likely N-dealkylation sites (tertiary alicyclic amines) is 2. The van der Waals surface area contributed by atoms with Crippen LogP contribution in [0.15, 0.2) is 12.1 Å². The Kier molecular flexibility index (Phi) is 4.21. The predicted octanol–water partition coefficient (Wildman–Crippen LogP) is 2.44. The van der Waals surface area contributed by atoms with E-state index in [2.05, 4.69) is 25.8 Å². The first-order valence-electron chi connectivity index (χ1n) is 8.75. The molecular formula is C18H27N3O2. The second kappa shape index (κ2) is 6.02. The summed E-state index contributed by atoms with van der Waals surface area (Å²) in [4.78, 5) is 32.6. The van der Waals surface area contributed by atoms with Gasteiger partial charge >= 0.3 is 0 Å². The predicted molar refractivity (Wildman–Crippen MR) is 89.2 cm³/mol. The lowest BCUT2D eigenvalue weighted by atomic mass is 9.78. The second-order valence-electron chi connectivity index (χ2n) is 7.20. The van der Waals surface area contributed by atoms with Crippen LogP contribution in [0.25, 0.3) is 0 Å². The van der Waals surface area contributed by atoms with Crippen molar-refractivity contribution < 1.29 is 9.59 Å². The van der Waals surface area contributed by atoms with E-state index in [1.54, 1.807) is 0 Å². The van der Waals surface area contributed by atoms with Gasteiger partial charge in [0.05, 0.1) is 5.41 Å². The van der Waals surface area contributed by atoms with Crippen LogP contribution in [0.2, 0.25) is 0 Å². The minimum absolute atomic E-state index is 0.0241. The van der Waals surface area contributed by atoms with Crippen LogP contribution in [-0.2, 0) is 11.2 Å². The molecule has 2 fully saturated rings. The Balaban J connectivity index is 1.74. The van der Waals surface area contributed by atoms with Crippen LogP contribution in [0.5, 0.6) is 0 Å². The summed E-state index contributed by atoms with van der Waals surface area (Å²) in [7, 11) is 0. The Morgan fingerprint density at radius 1 is 1.30 bits per heavy atom. The van der Waals surface area contributed by atoms with Crippen molar-refractivity contribution in [2.45, 2.75) is 52.5 Å². The first-order valence-corrected chi connectivity index (χ1v) is 8.75. The van der Waals surface area contributed by atoms with Gasteiger partial charge in [-0.2, -0.15) is 0 Å². The fourth-order valence-corrected chi connectivity index (χ4v) is 3.96. The maximum absolute atomic E-state index is 12.9. The van der Waals surface area contributed by atoms with Crippen LogP contribution < -0.4 is 0 Å². The number of piperidine rings is 1. The van der Waals surface area contributed by atoms with E-state index in [0.717, 1.165) is 37.9 Å². The minimum Gasteiger partial charge on any atom is -0.354 e. The van der Waals surface area contributed by atoms with Crippen molar-refractivity contribution in [3.05, 3.63) is 23.5 Å². The topological polar surface area (TPSA) is 56.4 Å². The van der Waals surface area contributed by atoms with Crippen LogP contribution in [0, 0.1) is 5.41 Å². The van der Waals surface area contributed by atoms with Crippen LogP contribution >= 0.6 is 0 Å². The molecule has 2 aliphatic heterocycles. The highest BCUT2D eigenvalue weighted by atomic mass is 16.2. The molecule has 2 amide bonds. The third-order valence-corrected chi connectivity index (χ3v) is 5.39. The molecule has 0 unspecified atom stereocenters. The normalized spacial score (nSPS) is 25.0. The number of hydrogen-bond donors (Lipinski definition) is 1. The lowest BCUT2D eigenvalue weighted by Gasteiger charge is -2.41. The third kappa shape index (κ3) is 2.77. The Morgan fingerprint density at radius 3 is 2.74 bits per heavy atom. The molecule has 5 heteroatoms. The summed E-state index contributed by atoms with van der Waals surface area (Å²) in [5, 5.41) is 0. The van der Waals surface area contributed by atoms with E-state index in [1.807, 2.05) is 21.9 Å². The van der Waals surface area contributed by atoms with Gasteiger partial charge in [-0.1, -0.05) is 6.92 Å². The van der Waals surface area contributed by atoms with Gasteiger partial charge in [0.15, 0.2) is 0 Å². The Bertz CT molecular complexity index is 607. The number of amides is 2. The average Bonchev–Trinajstić information content (AvgIpc) is 3.17. The highest BCUT2D eigenvalue weighted by Gasteiger charge is 2.49. The smallest absolute Gasteiger partial charge is 0.270 e. The lowest BCUT2D eigenvalue weighted by Crippen LogP contribution is -2.52. The molecule has 1 aromatic rings. The molecule has 2 saturated heterocycles. The Hall–Kier alpha value is -1.78. The van der Waals surface area contributed by atoms with Crippen molar-refractivity contribution in [1.82, 2.24) is 14.8 Å². The number of nitrogens with one attached hydrogen (secondary N) is 1.